The Morgan fingerprint density at radius 2 is 1.86 bits per heavy atom. The first-order chi connectivity index (χ1) is 10.2. The van der Waals surface area contributed by atoms with Crippen molar-refractivity contribution in [3.05, 3.63) is 35.9 Å². The van der Waals surface area contributed by atoms with Gasteiger partial charge in [0.1, 0.15) is 12.8 Å². The fraction of sp³-hybridized carbons (Fsp3) is 0.500. The van der Waals surface area contributed by atoms with Crippen LogP contribution in [0.3, 0.4) is 0 Å². The van der Waals surface area contributed by atoms with Gasteiger partial charge in [0, 0.05) is 20.0 Å². The molecule has 0 radical (unpaired) electrons. The first-order valence-corrected chi connectivity index (χ1v) is 7.40. The summed E-state index contributed by atoms with van der Waals surface area (Å²) in [5.41, 5.74) is 0.526. The largest absolute Gasteiger partial charge is 0.458 e. The van der Waals surface area contributed by atoms with Crippen molar-refractivity contribution in [2.75, 3.05) is 19.7 Å². The summed E-state index contributed by atoms with van der Waals surface area (Å²) < 4.78 is 5.35. The highest BCUT2D eigenvalue weighted by Crippen LogP contribution is 2.12. The van der Waals surface area contributed by atoms with Crippen molar-refractivity contribution in [2.45, 2.75) is 32.4 Å². The highest BCUT2D eigenvalue weighted by atomic mass is 16.5. The van der Waals surface area contributed by atoms with Crippen molar-refractivity contribution >= 4 is 11.9 Å². The number of benzene rings is 1. The van der Waals surface area contributed by atoms with Crippen LogP contribution < -0.4 is 5.32 Å². The Kier molecular flexibility index (Phi) is 5.75. The molecule has 1 aliphatic rings. The Balaban J connectivity index is 1.92. The lowest BCUT2D eigenvalue weighted by Gasteiger charge is -2.34. The molecule has 0 spiro atoms. The second-order valence-electron chi connectivity index (χ2n) is 5.28. The summed E-state index contributed by atoms with van der Waals surface area (Å²) >= 11 is 0. The molecule has 1 atom stereocenters. The molecule has 1 saturated heterocycles. The Morgan fingerprint density at radius 3 is 2.48 bits per heavy atom. The van der Waals surface area contributed by atoms with Crippen LogP contribution in [-0.2, 0) is 9.53 Å². The Labute approximate surface area is 125 Å². The molecule has 1 aromatic rings. The van der Waals surface area contributed by atoms with E-state index in [0.29, 0.717) is 5.56 Å². The van der Waals surface area contributed by atoms with Crippen molar-refractivity contribution in [1.82, 2.24) is 10.2 Å². The summed E-state index contributed by atoms with van der Waals surface area (Å²) in [5.74, 6) is -0.468. The first kappa shape index (κ1) is 15.5. The van der Waals surface area contributed by atoms with Crippen molar-refractivity contribution in [2.24, 2.45) is 0 Å². The number of likely N-dealkylation sites (tertiary alicyclic amines) is 1. The van der Waals surface area contributed by atoms with Gasteiger partial charge < -0.3 is 10.1 Å². The van der Waals surface area contributed by atoms with Gasteiger partial charge in [-0.25, -0.2) is 4.79 Å². The van der Waals surface area contributed by atoms with Crippen molar-refractivity contribution < 1.29 is 14.3 Å². The number of rotatable bonds is 5. The molecular weight excluding hydrogens is 268 g/mol. The maximum atomic E-state index is 12.0. The van der Waals surface area contributed by atoms with E-state index in [0.717, 1.165) is 25.9 Å². The van der Waals surface area contributed by atoms with E-state index in [1.54, 1.807) is 24.3 Å². The van der Waals surface area contributed by atoms with E-state index in [1.165, 1.54) is 13.3 Å². The van der Waals surface area contributed by atoms with E-state index in [9.17, 15) is 9.59 Å². The lowest BCUT2D eigenvalue weighted by molar-refractivity contribution is -0.121. The number of piperidine rings is 1. The van der Waals surface area contributed by atoms with Gasteiger partial charge in [0.15, 0.2) is 0 Å². The number of nitrogens with one attached hydrogen (secondary N) is 1. The molecule has 1 N–H and O–H groups in total. The summed E-state index contributed by atoms with van der Waals surface area (Å²) in [6.45, 7) is 3.50. The summed E-state index contributed by atoms with van der Waals surface area (Å²) in [4.78, 5) is 25.5. The van der Waals surface area contributed by atoms with Crippen molar-refractivity contribution in [3.63, 3.8) is 0 Å². The molecule has 5 nitrogen and oxygen atoms in total. The maximum absolute atomic E-state index is 12.0. The Morgan fingerprint density at radius 1 is 1.19 bits per heavy atom. The van der Waals surface area contributed by atoms with E-state index < -0.39 is 0 Å². The molecule has 21 heavy (non-hydrogen) atoms. The Bertz CT molecular complexity index is 470. The molecule has 0 aromatic heterocycles. The smallest absolute Gasteiger partial charge is 0.338 e. The zero-order chi connectivity index (χ0) is 15.1. The van der Waals surface area contributed by atoms with Crippen molar-refractivity contribution in [1.29, 1.82) is 0 Å². The average molecular weight is 290 g/mol. The molecule has 1 unspecified atom stereocenters. The highest BCUT2D eigenvalue weighted by Gasteiger charge is 2.23. The molecule has 1 aromatic carbocycles. The van der Waals surface area contributed by atoms with Gasteiger partial charge in [0.05, 0.1) is 5.56 Å². The topological polar surface area (TPSA) is 58.6 Å². The first-order valence-electron chi connectivity index (χ1n) is 7.40. The van der Waals surface area contributed by atoms with Crippen LogP contribution in [0.5, 0.6) is 0 Å². The second-order valence-corrected chi connectivity index (χ2v) is 5.28. The highest BCUT2D eigenvalue weighted by molar-refractivity contribution is 5.89. The van der Waals surface area contributed by atoms with Gasteiger partial charge in [-0.1, -0.05) is 24.6 Å². The van der Waals surface area contributed by atoms with Crippen LogP contribution in [0.2, 0.25) is 0 Å². The van der Waals surface area contributed by atoms with Gasteiger partial charge in [-0.05, 0) is 25.0 Å². The van der Waals surface area contributed by atoms with Crippen molar-refractivity contribution in [3.8, 4) is 0 Å². The number of carbonyl (C=O) groups is 2. The van der Waals surface area contributed by atoms with E-state index in [-0.39, 0.29) is 24.6 Å². The lowest BCUT2D eigenvalue weighted by Crippen LogP contribution is -2.52. The number of hydrogen-bond acceptors (Lipinski definition) is 4. The van der Waals surface area contributed by atoms with Gasteiger partial charge in [-0.3, -0.25) is 9.69 Å². The molecular formula is C16H22N2O3. The van der Waals surface area contributed by atoms with Gasteiger partial charge >= 0.3 is 5.97 Å². The predicted molar refractivity (Wildman–Crippen MR) is 79.8 cm³/mol. The molecule has 1 heterocycles. The van der Waals surface area contributed by atoms with Gasteiger partial charge in [-0.15, -0.1) is 0 Å². The van der Waals surface area contributed by atoms with Crippen LogP contribution in [0.15, 0.2) is 30.3 Å². The number of nitrogens with zero attached hydrogens (tertiary/aromatic N) is 1. The summed E-state index contributed by atoms with van der Waals surface area (Å²) in [6, 6.07) is 8.89. The molecule has 0 bridgehead atoms. The lowest BCUT2D eigenvalue weighted by atomic mass is 10.1. The number of esters is 1. The van der Waals surface area contributed by atoms with E-state index >= 15 is 0 Å². The third kappa shape index (κ3) is 4.86. The quantitative estimate of drug-likeness (QED) is 0.840. The number of carbonyl (C=O) groups excluding carboxylic acids is 2. The molecule has 0 aliphatic carbocycles. The summed E-state index contributed by atoms with van der Waals surface area (Å²) in [7, 11) is 0. The van der Waals surface area contributed by atoms with E-state index in [1.807, 2.05) is 6.07 Å². The van der Waals surface area contributed by atoms with E-state index in [2.05, 4.69) is 10.2 Å². The number of amides is 1. The Hall–Kier alpha value is -1.88. The molecule has 5 heteroatoms. The molecule has 0 saturated carbocycles. The minimum Gasteiger partial charge on any atom is -0.458 e. The standard InChI is InChI=1S/C16H22N2O3/c1-13(19)17-15(18-10-6-3-7-11-18)12-21-16(20)14-8-4-2-5-9-14/h2,4-5,8-9,15H,3,6-7,10-12H2,1H3,(H,17,19). The van der Waals surface area contributed by atoms with Crippen LogP contribution >= 0.6 is 0 Å². The minimum atomic E-state index is -0.358. The summed E-state index contributed by atoms with van der Waals surface area (Å²) in [6.07, 6.45) is 3.20. The molecule has 114 valence electrons. The van der Waals surface area contributed by atoms with Gasteiger partial charge in [0.2, 0.25) is 5.91 Å². The van der Waals surface area contributed by atoms with Crippen LogP contribution in [0.1, 0.15) is 36.5 Å². The third-order valence-corrected chi connectivity index (χ3v) is 3.58. The van der Waals surface area contributed by atoms with Gasteiger partial charge in [-0.2, -0.15) is 0 Å². The maximum Gasteiger partial charge on any atom is 0.338 e. The zero-order valence-electron chi connectivity index (χ0n) is 12.4. The monoisotopic (exact) mass is 290 g/mol. The number of ether oxygens (including phenoxy) is 1. The predicted octanol–water partition coefficient (Wildman–Crippen LogP) is 1.79. The molecule has 1 aliphatic heterocycles. The fourth-order valence-electron chi connectivity index (χ4n) is 2.52. The average Bonchev–Trinajstić information content (AvgIpc) is 2.52. The minimum absolute atomic E-state index is 0.110. The van der Waals surface area contributed by atoms with Crippen LogP contribution in [-0.4, -0.2) is 42.6 Å². The summed E-state index contributed by atoms with van der Waals surface area (Å²) in [5, 5.41) is 2.87. The molecule has 1 fully saturated rings. The molecule has 1 amide bonds. The SMILES string of the molecule is CC(=O)NC(COC(=O)c1ccccc1)N1CCCCC1. The second kappa shape index (κ2) is 7.78. The normalized spacial score (nSPS) is 17.0. The molecule has 2 rings (SSSR count). The van der Waals surface area contributed by atoms with Crippen LogP contribution in [0.4, 0.5) is 0 Å². The number of hydrogen-bond donors (Lipinski definition) is 1. The zero-order valence-corrected chi connectivity index (χ0v) is 12.4. The van der Waals surface area contributed by atoms with Crippen LogP contribution in [0, 0.1) is 0 Å². The fourth-order valence-corrected chi connectivity index (χ4v) is 2.52. The van der Waals surface area contributed by atoms with E-state index in [4.69, 9.17) is 4.74 Å². The van der Waals surface area contributed by atoms with Crippen LogP contribution in [0.25, 0.3) is 0 Å². The third-order valence-electron chi connectivity index (χ3n) is 3.58. The van der Waals surface area contributed by atoms with Gasteiger partial charge in [0.25, 0.3) is 0 Å².